The van der Waals surface area contributed by atoms with Crippen LogP contribution < -0.4 is 11.1 Å². The molecule has 0 radical (unpaired) electrons. The van der Waals surface area contributed by atoms with Gasteiger partial charge in [-0.25, -0.2) is 9.50 Å². The average Bonchev–Trinajstić information content (AvgIpc) is 3.49. The van der Waals surface area contributed by atoms with Crippen LogP contribution in [0.3, 0.4) is 0 Å². The largest absolute Gasteiger partial charge is 0.382 e. The van der Waals surface area contributed by atoms with E-state index >= 15 is 0 Å². The summed E-state index contributed by atoms with van der Waals surface area (Å²) in [7, 11) is 1.67. The summed E-state index contributed by atoms with van der Waals surface area (Å²) in [6.45, 7) is 1.42. The lowest BCUT2D eigenvalue weighted by Gasteiger charge is -2.45. The van der Waals surface area contributed by atoms with Crippen LogP contribution in [0.5, 0.6) is 0 Å². The highest BCUT2D eigenvalue weighted by atomic mass is 16.5. The first kappa shape index (κ1) is 20.7. The van der Waals surface area contributed by atoms with E-state index in [4.69, 9.17) is 15.5 Å². The van der Waals surface area contributed by atoms with Gasteiger partial charge in [-0.05, 0) is 18.9 Å². The lowest BCUT2D eigenvalue weighted by molar-refractivity contribution is -0.114. The molecular weight excluding hydrogens is 424 g/mol. The lowest BCUT2D eigenvalue weighted by Crippen LogP contribution is -2.50. The molecule has 168 valence electrons. The molecule has 1 aliphatic carbocycles. The number of aromatic nitrogens is 7. The van der Waals surface area contributed by atoms with Gasteiger partial charge in [0.1, 0.15) is 22.9 Å². The predicted octanol–water partition coefficient (Wildman–Crippen LogP) is 1.94. The minimum atomic E-state index is -0.453. The summed E-state index contributed by atoms with van der Waals surface area (Å²) in [5, 5.41) is 28.0. The number of hydrogen-bond acceptors (Lipinski definition) is 8. The molecule has 4 heterocycles. The maximum atomic E-state index is 11.3. The molecule has 0 atom stereocenters. The number of aromatic amines is 1. The van der Waals surface area contributed by atoms with Crippen molar-refractivity contribution in [2.45, 2.75) is 37.8 Å². The van der Waals surface area contributed by atoms with Crippen molar-refractivity contribution in [2.24, 2.45) is 0 Å². The molecule has 1 amide bonds. The number of rotatable bonds is 6. The molecule has 0 aliphatic heterocycles. The Hall–Kier alpha value is -4.24. The van der Waals surface area contributed by atoms with E-state index in [2.05, 4.69) is 31.8 Å². The van der Waals surface area contributed by atoms with Gasteiger partial charge in [-0.15, -0.1) is 0 Å². The molecule has 1 aliphatic rings. The van der Waals surface area contributed by atoms with E-state index in [0.717, 1.165) is 5.52 Å². The first-order valence-corrected chi connectivity index (χ1v) is 10.4. The molecule has 33 heavy (non-hydrogen) atoms. The number of nitrogen functional groups attached to an aromatic ring is 1. The van der Waals surface area contributed by atoms with E-state index in [9.17, 15) is 10.1 Å². The number of nitrogens with two attached hydrogens (primary N) is 1. The zero-order valence-corrected chi connectivity index (χ0v) is 18.1. The zero-order chi connectivity index (χ0) is 23.2. The van der Waals surface area contributed by atoms with Gasteiger partial charge in [0.15, 0.2) is 5.82 Å². The predicted molar refractivity (Wildman–Crippen MR) is 119 cm³/mol. The minimum absolute atomic E-state index is 0.0905. The Labute approximate surface area is 188 Å². The van der Waals surface area contributed by atoms with Gasteiger partial charge in [0, 0.05) is 26.3 Å². The number of hydrogen-bond donors (Lipinski definition) is 3. The maximum absolute atomic E-state index is 11.3. The molecule has 0 aromatic carbocycles. The fourth-order valence-electron chi connectivity index (χ4n) is 4.28. The summed E-state index contributed by atoms with van der Waals surface area (Å²) in [4.78, 5) is 16.1. The van der Waals surface area contributed by atoms with E-state index in [1.165, 1.54) is 6.92 Å². The quantitative estimate of drug-likeness (QED) is 0.404. The molecule has 12 heteroatoms. The van der Waals surface area contributed by atoms with Crippen LogP contribution in [0.1, 0.15) is 26.2 Å². The monoisotopic (exact) mass is 446 g/mol. The Morgan fingerprint density at radius 3 is 2.97 bits per heavy atom. The molecule has 0 saturated heterocycles. The van der Waals surface area contributed by atoms with Gasteiger partial charge in [-0.3, -0.25) is 14.6 Å². The van der Waals surface area contributed by atoms with Gasteiger partial charge < -0.3 is 15.8 Å². The Morgan fingerprint density at radius 1 is 1.42 bits per heavy atom. The van der Waals surface area contributed by atoms with Crippen molar-refractivity contribution in [3.63, 3.8) is 0 Å². The second-order valence-electron chi connectivity index (χ2n) is 8.18. The summed E-state index contributed by atoms with van der Waals surface area (Å²) in [5.74, 6) is 0.561. The normalized spacial score (nSPS) is 19.8. The summed E-state index contributed by atoms with van der Waals surface area (Å²) < 4.78 is 8.90. The number of methoxy groups -OCH3 is 1. The molecule has 4 N–H and O–H groups in total. The van der Waals surface area contributed by atoms with Crippen LogP contribution in [0.25, 0.3) is 28.2 Å². The Balaban J connectivity index is 1.58. The van der Waals surface area contributed by atoms with Gasteiger partial charge in [-0.2, -0.15) is 20.6 Å². The van der Waals surface area contributed by atoms with Crippen LogP contribution in [0.2, 0.25) is 0 Å². The third-order valence-electron chi connectivity index (χ3n) is 5.98. The third-order valence-corrected chi connectivity index (χ3v) is 5.98. The summed E-state index contributed by atoms with van der Waals surface area (Å²) in [6, 6.07) is 5.80. The first-order chi connectivity index (χ1) is 15.9. The number of carbonyl (C=O) groups is 1. The van der Waals surface area contributed by atoms with Gasteiger partial charge in [0.2, 0.25) is 5.91 Å². The van der Waals surface area contributed by atoms with Crippen LogP contribution in [0.4, 0.5) is 11.6 Å². The van der Waals surface area contributed by atoms with Gasteiger partial charge in [0.05, 0.1) is 47.6 Å². The standard InChI is InChI=1S/C21H22N10O2/c1-12(32)25-18-7-15(27-28-18)16-11-30-17(3-6-24-30)19(26-16)14-10-31(29-20(14)23)21(4-5-22)8-13(9-21)33-2/h3,6-7,10-11,13H,4,8-9H2,1-2H3,(H2,23,29)(H2,25,27,28,32)/t13-,21-. The maximum Gasteiger partial charge on any atom is 0.222 e. The average molecular weight is 446 g/mol. The number of amides is 1. The SMILES string of the molecule is CO[C@H]1C[C@](CC#N)(n2cc(-c3nc(-c4cc(NC(C)=O)[nH]n4)cn4nccc34)c(N)n2)C1. The molecule has 0 spiro atoms. The third kappa shape index (κ3) is 3.48. The Bertz CT molecular complexity index is 1390. The van der Waals surface area contributed by atoms with E-state index in [-0.39, 0.29) is 12.0 Å². The number of fused-ring (bicyclic) bond motifs is 1. The fraction of sp³-hybridized carbons (Fsp3) is 0.333. The van der Waals surface area contributed by atoms with Gasteiger partial charge in [-0.1, -0.05) is 0 Å². The van der Waals surface area contributed by atoms with Crippen molar-refractivity contribution in [1.82, 2.24) is 34.6 Å². The number of nitrogens with zero attached hydrogens (tertiary/aromatic N) is 7. The number of anilines is 2. The smallest absolute Gasteiger partial charge is 0.222 e. The van der Waals surface area contributed by atoms with E-state index < -0.39 is 5.54 Å². The summed E-state index contributed by atoms with van der Waals surface area (Å²) in [6.07, 6.45) is 7.03. The molecule has 1 fully saturated rings. The van der Waals surface area contributed by atoms with Crippen molar-refractivity contribution in [3.05, 3.63) is 30.7 Å². The summed E-state index contributed by atoms with van der Waals surface area (Å²) in [5.41, 5.74) is 8.93. The Kier molecular flexibility index (Phi) is 4.83. The summed E-state index contributed by atoms with van der Waals surface area (Å²) >= 11 is 0. The number of carbonyl (C=O) groups excluding carboxylic acids is 1. The molecule has 4 aromatic rings. The second kappa shape index (κ2) is 7.72. The van der Waals surface area contributed by atoms with Crippen LogP contribution in [-0.4, -0.2) is 53.7 Å². The number of ether oxygens (including phenoxy) is 1. The second-order valence-corrected chi connectivity index (χ2v) is 8.18. The number of H-pyrrole nitrogens is 1. The molecule has 0 bridgehead atoms. The highest BCUT2D eigenvalue weighted by Gasteiger charge is 2.47. The highest BCUT2D eigenvalue weighted by Crippen LogP contribution is 2.44. The van der Waals surface area contributed by atoms with Crippen molar-refractivity contribution in [2.75, 3.05) is 18.2 Å². The molecule has 5 rings (SSSR count). The topological polar surface area (TPSA) is 165 Å². The van der Waals surface area contributed by atoms with Crippen molar-refractivity contribution < 1.29 is 9.53 Å². The van der Waals surface area contributed by atoms with Crippen LogP contribution in [-0.2, 0) is 15.1 Å². The van der Waals surface area contributed by atoms with E-state index in [1.54, 1.807) is 34.8 Å². The highest BCUT2D eigenvalue weighted by molar-refractivity contribution is 5.88. The van der Waals surface area contributed by atoms with Crippen LogP contribution >= 0.6 is 0 Å². The number of nitriles is 1. The van der Waals surface area contributed by atoms with Crippen LogP contribution in [0, 0.1) is 11.3 Å². The van der Waals surface area contributed by atoms with Gasteiger partial charge >= 0.3 is 0 Å². The molecule has 0 unspecified atom stereocenters. The molecular formula is C21H22N10O2. The minimum Gasteiger partial charge on any atom is -0.382 e. The van der Waals surface area contributed by atoms with Crippen LogP contribution in [0.15, 0.2) is 30.7 Å². The molecule has 4 aromatic heterocycles. The first-order valence-electron chi connectivity index (χ1n) is 10.4. The van der Waals surface area contributed by atoms with Crippen molar-refractivity contribution in [3.8, 4) is 28.7 Å². The van der Waals surface area contributed by atoms with Crippen molar-refractivity contribution in [1.29, 1.82) is 5.26 Å². The lowest BCUT2D eigenvalue weighted by atomic mass is 9.72. The molecule has 1 saturated carbocycles. The van der Waals surface area contributed by atoms with E-state index in [1.807, 2.05) is 12.3 Å². The fourth-order valence-corrected chi connectivity index (χ4v) is 4.28. The Morgan fingerprint density at radius 2 is 2.24 bits per heavy atom. The number of nitrogens with one attached hydrogen (secondary N) is 2. The zero-order valence-electron chi connectivity index (χ0n) is 18.1. The van der Waals surface area contributed by atoms with Crippen molar-refractivity contribution >= 4 is 23.1 Å². The molecule has 12 nitrogen and oxygen atoms in total. The van der Waals surface area contributed by atoms with E-state index in [0.29, 0.717) is 53.5 Å². The van der Waals surface area contributed by atoms with Gasteiger partial charge in [0.25, 0.3) is 0 Å².